The van der Waals surface area contributed by atoms with Gasteiger partial charge in [0.05, 0.1) is 6.61 Å². The fourth-order valence-electron chi connectivity index (χ4n) is 4.67. The molecule has 0 aliphatic carbocycles. The molecule has 4 rings (SSSR count). The number of nitrogens with one attached hydrogen (secondary N) is 2. The molecule has 37 heavy (non-hydrogen) atoms. The Morgan fingerprint density at radius 1 is 0.784 bits per heavy atom. The van der Waals surface area contributed by atoms with Gasteiger partial charge < -0.3 is 14.8 Å². The molecule has 0 unspecified atom stereocenters. The van der Waals surface area contributed by atoms with Crippen LogP contribution in [0.3, 0.4) is 0 Å². The van der Waals surface area contributed by atoms with Crippen molar-refractivity contribution in [2.45, 2.75) is 51.6 Å². The number of aromatic nitrogens is 1. The molecular weight excluding hydrogens is 468 g/mol. The minimum absolute atomic E-state index is 0.126. The third-order valence-corrected chi connectivity index (χ3v) is 6.83. The molecule has 1 fully saturated rings. The fourth-order valence-corrected chi connectivity index (χ4v) is 4.67. The summed E-state index contributed by atoms with van der Waals surface area (Å²) in [5.74, 6) is 0.123. The molecule has 8 heteroatoms. The van der Waals surface area contributed by atoms with E-state index in [4.69, 9.17) is 4.84 Å². The van der Waals surface area contributed by atoms with Crippen molar-refractivity contribution in [3.8, 4) is 0 Å². The van der Waals surface area contributed by atoms with E-state index in [2.05, 4.69) is 16.5 Å². The summed E-state index contributed by atoms with van der Waals surface area (Å²) in [4.78, 5) is 49.4. The van der Waals surface area contributed by atoms with Crippen molar-refractivity contribution in [2.24, 2.45) is 0 Å². The first-order valence-corrected chi connectivity index (χ1v) is 13.2. The SMILES string of the molecule is O=C(CCCCCC(=O)N1CCN(C(=O)CCc2c[nH]c3ccccc23)CC1)NOCc1ccccc1. The van der Waals surface area contributed by atoms with Crippen LogP contribution in [0.5, 0.6) is 0 Å². The number of unbranched alkanes of at least 4 members (excludes halogenated alkanes) is 2. The molecule has 2 N–H and O–H groups in total. The molecule has 3 amide bonds. The summed E-state index contributed by atoms with van der Waals surface area (Å²) in [6.45, 7) is 2.67. The number of rotatable bonds is 12. The van der Waals surface area contributed by atoms with Gasteiger partial charge in [-0.3, -0.25) is 19.2 Å². The average Bonchev–Trinajstić information content (AvgIpc) is 3.35. The lowest BCUT2D eigenvalue weighted by Crippen LogP contribution is -2.50. The van der Waals surface area contributed by atoms with Crippen molar-refractivity contribution in [3.05, 3.63) is 71.9 Å². The number of aromatic amines is 1. The van der Waals surface area contributed by atoms with Crippen molar-refractivity contribution in [2.75, 3.05) is 26.2 Å². The topological polar surface area (TPSA) is 94.7 Å². The molecule has 0 spiro atoms. The van der Waals surface area contributed by atoms with Crippen molar-refractivity contribution >= 4 is 28.6 Å². The molecule has 1 aliphatic heterocycles. The van der Waals surface area contributed by atoms with Gasteiger partial charge in [-0.25, -0.2) is 5.48 Å². The quantitative estimate of drug-likeness (QED) is 0.288. The van der Waals surface area contributed by atoms with E-state index in [1.165, 1.54) is 5.39 Å². The lowest BCUT2D eigenvalue weighted by molar-refractivity contribution is -0.139. The van der Waals surface area contributed by atoms with E-state index in [1.807, 2.05) is 64.5 Å². The highest BCUT2D eigenvalue weighted by molar-refractivity contribution is 5.84. The van der Waals surface area contributed by atoms with Gasteiger partial charge >= 0.3 is 0 Å². The van der Waals surface area contributed by atoms with Gasteiger partial charge in [0.25, 0.3) is 0 Å². The van der Waals surface area contributed by atoms with E-state index in [0.29, 0.717) is 64.9 Å². The minimum atomic E-state index is -0.146. The van der Waals surface area contributed by atoms with Crippen LogP contribution in [0.1, 0.15) is 49.7 Å². The van der Waals surface area contributed by atoms with Crippen LogP contribution in [0.4, 0.5) is 0 Å². The van der Waals surface area contributed by atoms with Crippen LogP contribution in [-0.2, 0) is 32.2 Å². The van der Waals surface area contributed by atoms with Gasteiger partial charge in [-0.2, -0.15) is 0 Å². The fraction of sp³-hybridized carbons (Fsp3) is 0.414. The number of H-pyrrole nitrogens is 1. The van der Waals surface area contributed by atoms with Gasteiger partial charge in [0.1, 0.15) is 0 Å². The van der Waals surface area contributed by atoms with E-state index in [1.54, 1.807) is 0 Å². The number of fused-ring (bicyclic) bond motifs is 1. The second kappa shape index (κ2) is 13.6. The number of hydrogen-bond acceptors (Lipinski definition) is 4. The number of para-hydroxylation sites is 1. The second-order valence-electron chi connectivity index (χ2n) is 9.48. The number of piperazine rings is 1. The van der Waals surface area contributed by atoms with Crippen molar-refractivity contribution in [1.82, 2.24) is 20.3 Å². The molecule has 196 valence electrons. The summed E-state index contributed by atoms with van der Waals surface area (Å²) in [6.07, 6.45) is 6.29. The molecular formula is C29H36N4O4. The molecule has 1 aliphatic rings. The Kier molecular flexibility index (Phi) is 9.71. The highest BCUT2D eigenvalue weighted by Crippen LogP contribution is 2.19. The van der Waals surface area contributed by atoms with E-state index >= 15 is 0 Å². The summed E-state index contributed by atoms with van der Waals surface area (Å²) in [6, 6.07) is 17.8. The molecule has 0 saturated carbocycles. The molecule has 1 saturated heterocycles. The van der Waals surface area contributed by atoms with E-state index in [0.717, 1.165) is 29.5 Å². The van der Waals surface area contributed by atoms with Crippen LogP contribution in [0.25, 0.3) is 10.9 Å². The summed E-state index contributed by atoms with van der Waals surface area (Å²) >= 11 is 0. The second-order valence-corrected chi connectivity index (χ2v) is 9.48. The zero-order chi connectivity index (χ0) is 25.9. The van der Waals surface area contributed by atoms with E-state index in [-0.39, 0.29) is 17.7 Å². The number of hydrogen-bond donors (Lipinski definition) is 2. The van der Waals surface area contributed by atoms with Crippen LogP contribution in [0.2, 0.25) is 0 Å². The molecule has 0 atom stereocenters. The number of carbonyl (C=O) groups excluding carboxylic acids is 3. The highest BCUT2D eigenvalue weighted by atomic mass is 16.6. The molecule has 2 heterocycles. The lowest BCUT2D eigenvalue weighted by Gasteiger charge is -2.35. The Balaban J connectivity index is 1.05. The monoisotopic (exact) mass is 504 g/mol. The maximum atomic E-state index is 12.7. The van der Waals surface area contributed by atoms with Crippen LogP contribution < -0.4 is 5.48 Å². The number of carbonyl (C=O) groups is 3. The molecule has 2 aromatic carbocycles. The number of benzene rings is 2. The smallest absolute Gasteiger partial charge is 0.243 e. The van der Waals surface area contributed by atoms with E-state index in [9.17, 15) is 14.4 Å². The molecule has 0 bridgehead atoms. The molecule has 8 nitrogen and oxygen atoms in total. The Hall–Kier alpha value is -3.65. The zero-order valence-corrected chi connectivity index (χ0v) is 21.3. The van der Waals surface area contributed by atoms with Gasteiger partial charge in [0, 0.05) is 62.5 Å². The molecule has 3 aromatic rings. The van der Waals surface area contributed by atoms with Gasteiger partial charge in [0.2, 0.25) is 17.7 Å². The summed E-state index contributed by atoms with van der Waals surface area (Å²) in [5.41, 5.74) is 5.72. The third kappa shape index (κ3) is 7.92. The van der Waals surface area contributed by atoms with Crippen LogP contribution in [0.15, 0.2) is 60.8 Å². The van der Waals surface area contributed by atoms with Gasteiger partial charge in [-0.15, -0.1) is 0 Å². The van der Waals surface area contributed by atoms with Gasteiger partial charge in [-0.05, 0) is 36.5 Å². The zero-order valence-electron chi connectivity index (χ0n) is 21.3. The van der Waals surface area contributed by atoms with Crippen molar-refractivity contribution in [1.29, 1.82) is 0 Å². The van der Waals surface area contributed by atoms with Crippen LogP contribution >= 0.6 is 0 Å². The largest absolute Gasteiger partial charge is 0.361 e. The van der Waals surface area contributed by atoms with E-state index < -0.39 is 0 Å². The predicted molar refractivity (Wildman–Crippen MR) is 142 cm³/mol. The van der Waals surface area contributed by atoms with Gasteiger partial charge in [0.15, 0.2) is 0 Å². The first-order valence-electron chi connectivity index (χ1n) is 13.2. The standard InChI is InChI=1S/C29H36N4O4/c34-27(31-37-22-23-9-3-1-4-10-23)13-5-2-6-14-28(35)32-17-19-33(20-18-32)29(36)16-15-24-21-30-26-12-8-7-11-25(24)26/h1,3-4,7-12,21,30H,2,5-6,13-20,22H2,(H,31,34). The average molecular weight is 505 g/mol. The Morgan fingerprint density at radius 3 is 2.19 bits per heavy atom. The predicted octanol–water partition coefficient (Wildman–Crippen LogP) is 3.97. The molecule has 1 aromatic heterocycles. The number of aryl methyl sites for hydroxylation is 1. The summed E-state index contributed by atoms with van der Waals surface area (Å²) in [5, 5.41) is 1.17. The summed E-state index contributed by atoms with van der Waals surface area (Å²) in [7, 11) is 0. The van der Waals surface area contributed by atoms with Crippen molar-refractivity contribution in [3.63, 3.8) is 0 Å². The number of hydroxylamine groups is 1. The lowest BCUT2D eigenvalue weighted by atomic mass is 10.1. The number of amides is 3. The van der Waals surface area contributed by atoms with Crippen molar-refractivity contribution < 1.29 is 19.2 Å². The first kappa shape index (κ1) is 26.4. The number of nitrogens with zero attached hydrogens (tertiary/aromatic N) is 2. The third-order valence-electron chi connectivity index (χ3n) is 6.83. The van der Waals surface area contributed by atoms with Crippen LogP contribution in [0, 0.1) is 0 Å². The normalized spacial score (nSPS) is 13.6. The maximum absolute atomic E-state index is 12.7. The minimum Gasteiger partial charge on any atom is -0.361 e. The first-order chi connectivity index (χ1) is 18.1. The highest BCUT2D eigenvalue weighted by Gasteiger charge is 2.23. The Bertz CT molecular complexity index is 1170. The van der Waals surface area contributed by atoms with Crippen LogP contribution in [-0.4, -0.2) is 58.7 Å². The molecule has 0 radical (unpaired) electrons. The maximum Gasteiger partial charge on any atom is 0.243 e. The Morgan fingerprint density at radius 2 is 1.43 bits per heavy atom. The summed E-state index contributed by atoms with van der Waals surface area (Å²) < 4.78 is 0. The van der Waals surface area contributed by atoms with Gasteiger partial charge in [-0.1, -0.05) is 55.0 Å². The Labute approximate surface area is 217 Å².